The molecular weight excluding hydrogens is 946 g/mol. The van der Waals surface area contributed by atoms with E-state index in [1.54, 1.807) is 12.1 Å². The molecular formula is C44H49N2Na3O12S4. The van der Waals surface area contributed by atoms with Crippen LogP contribution in [0.5, 0.6) is 0 Å². The van der Waals surface area contributed by atoms with E-state index in [1.807, 2.05) is 91.8 Å². The van der Waals surface area contributed by atoms with Crippen LogP contribution in [-0.2, 0) is 51.3 Å². The molecule has 14 nitrogen and oxygen atoms in total. The number of hydrogen-bond donors (Lipinski definition) is 0. The van der Waals surface area contributed by atoms with Crippen LogP contribution in [0.15, 0.2) is 118 Å². The van der Waals surface area contributed by atoms with Crippen molar-refractivity contribution in [1.82, 2.24) is 0 Å². The predicted octanol–water partition coefficient (Wildman–Crippen LogP) is -2.66. The number of nitrogens with zero attached hydrogens (tertiary/aromatic N) is 2. The third kappa shape index (κ3) is 14.0. The number of benzene rings is 3. The van der Waals surface area contributed by atoms with Crippen molar-refractivity contribution in [3.63, 3.8) is 0 Å². The minimum Gasteiger partial charge on any atom is -0.748 e. The van der Waals surface area contributed by atoms with Gasteiger partial charge in [0.15, 0.2) is 5.71 Å². The second-order valence-corrected chi connectivity index (χ2v) is 22.6. The number of fused-ring (bicyclic) bond motifs is 2. The molecule has 0 N–H and O–H groups in total. The summed E-state index contributed by atoms with van der Waals surface area (Å²) in [6.07, 6.45) is 11.1. The molecule has 0 saturated carbocycles. The van der Waals surface area contributed by atoms with Gasteiger partial charge in [0.1, 0.15) is 26.8 Å². The molecule has 0 amide bonds. The Morgan fingerprint density at radius 3 is 1.80 bits per heavy atom. The Balaban J connectivity index is 0.00000374. The summed E-state index contributed by atoms with van der Waals surface area (Å²) < 4.78 is 143. The molecule has 0 radical (unpaired) electrons. The van der Waals surface area contributed by atoms with Gasteiger partial charge in [0.05, 0.1) is 35.4 Å². The van der Waals surface area contributed by atoms with Gasteiger partial charge in [-0.1, -0.05) is 56.3 Å². The maximum atomic E-state index is 12.1. The first-order valence-corrected chi connectivity index (χ1v) is 26.1. The van der Waals surface area contributed by atoms with Crippen molar-refractivity contribution in [2.45, 2.75) is 93.3 Å². The molecule has 334 valence electrons. The first kappa shape index (κ1) is 58.0. The molecule has 0 saturated heterocycles. The molecule has 1 aliphatic carbocycles. The standard InChI is InChI=1S/C44H52N2O12S4.3Na/c1-43(2)36-29-34(61(53,54)55)19-21-38(36)45(25-8-10-27-59(47,48)49)40(43)23-17-32-15-12-16-33(42(32)31-13-6-5-7-14-31)18-24-41-44(3,4)37-30-35(62(56,57)58)20-22-39(37)46(41)26-9-11-28-60(50,51)52;;;/h5-7,13-14,17-24,29-30H,8-12,15-16,25-28H2,1-4H3,(H3-,47,48,49,50,51,52,53,54,55,56,57,58);;;/q;3*+1/p-3. The Morgan fingerprint density at radius 1 is 0.646 bits per heavy atom. The van der Waals surface area contributed by atoms with Gasteiger partial charge in [0, 0.05) is 59.0 Å². The van der Waals surface area contributed by atoms with E-state index >= 15 is 0 Å². The maximum absolute atomic E-state index is 12.1. The SMILES string of the molecule is CC1(C)C(/C=C/C2=C(c3ccccc3)C(=C/C=C3/N(CCCCS(=O)(=O)[O-])c4ccc(S(=O)(=O)[O-])cc4C3(C)C)/CCC2)=[N+](CCCCS(=O)(=O)[O-])c2ccc(S(=O)(=O)[O-])cc21.[Na+].[Na+].[Na+]. The van der Waals surface area contributed by atoms with Gasteiger partial charge in [0.2, 0.25) is 5.69 Å². The monoisotopic (exact) mass is 994 g/mol. The zero-order valence-electron chi connectivity index (χ0n) is 37.9. The molecule has 0 fully saturated rings. The van der Waals surface area contributed by atoms with Gasteiger partial charge in [-0.05, 0) is 117 Å². The third-order valence-corrected chi connectivity index (χ3v) is 15.1. The summed E-state index contributed by atoms with van der Waals surface area (Å²) in [7, 11) is -18.4. The second kappa shape index (κ2) is 22.7. The van der Waals surface area contributed by atoms with Gasteiger partial charge in [-0.15, -0.1) is 0 Å². The van der Waals surface area contributed by atoms with Gasteiger partial charge in [-0.3, -0.25) is 0 Å². The molecule has 2 aliphatic heterocycles. The van der Waals surface area contributed by atoms with Crippen LogP contribution < -0.4 is 93.6 Å². The fourth-order valence-electron chi connectivity index (χ4n) is 8.79. The average molecular weight is 995 g/mol. The predicted molar refractivity (Wildman–Crippen MR) is 232 cm³/mol. The van der Waals surface area contributed by atoms with Gasteiger partial charge in [-0.25, -0.2) is 33.7 Å². The first-order valence-electron chi connectivity index (χ1n) is 20.2. The van der Waals surface area contributed by atoms with Crippen molar-refractivity contribution >= 4 is 63.1 Å². The van der Waals surface area contributed by atoms with Crippen molar-refractivity contribution < 1.29 is 145 Å². The summed E-state index contributed by atoms with van der Waals surface area (Å²) in [6, 6.07) is 18.3. The zero-order valence-corrected chi connectivity index (χ0v) is 47.1. The summed E-state index contributed by atoms with van der Waals surface area (Å²) >= 11 is 0. The van der Waals surface area contributed by atoms with Crippen LogP contribution in [0.2, 0.25) is 0 Å². The molecule has 3 aliphatic rings. The molecule has 0 spiro atoms. The number of hydrogen-bond acceptors (Lipinski definition) is 13. The Kier molecular flexibility index (Phi) is 20.2. The van der Waals surface area contributed by atoms with Gasteiger partial charge in [0.25, 0.3) is 0 Å². The molecule has 0 aromatic heterocycles. The van der Waals surface area contributed by atoms with Crippen LogP contribution in [0.25, 0.3) is 5.57 Å². The Morgan fingerprint density at radius 2 is 1.22 bits per heavy atom. The summed E-state index contributed by atoms with van der Waals surface area (Å²) in [4.78, 5) is 1.24. The van der Waals surface area contributed by atoms with E-state index in [2.05, 4.69) is 0 Å². The minimum absolute atomic E-state index is 0. The van der Waals surface area contributed by atoms with E-state index < -0.39 is 62.8 Å². The summed E-state index contributed by atoms with van der Waals surface area (Å²) in [6.45, 7) is 8.32. The Hall–Kier alpha value is -1.27. The van der Waals surface area contributed by atoms with Crippen molar-refractivity contribution in [2.24, 2.45) is 0 Å². The molecule has 0 bridgehead atoms. The van der Waals surface area contributed by atoms with Gasteiger partial charge < -0.3 is 23.1 Å². The molecule has 65 heavy (non-hydrogen) atoms. The third-order valence-electron chi connectivity index (χ3n) is 11.8. The average Bonchev–Trinajstić information content (AvgIpc) is 3.52. The minimum atomic E-state index is -4.77. The van der Waals surface area contributed by atoms with E-state index in [0.717, 1.165) is 40.1 Å². The first-order chi connectivity index (χ1) is 28.8. The topological polar surface area (TPSA) is 235 Å². The smallest absolute Gasteiger partial charge is 0.748 e. The fraction of sp³-hybridized carbons (Fsp3) is 0.386. The van der Waals surface area contributed by atoms with Gasteiger partial charge >= 0.3 is 88.7 Å². The quantitative estimate of drug-likeness (QED) is 0.0618. The normalized spacial score (nSPS) is 18.4. The fourth-order valence-corrected chi connectivity index (χ4v) is 10.9. The van der Waals surface area contributed by atoms with Crippen LogP contribution in [0.1, 0.15) is 89.3 Å². The number of allylic oxidation sites excluding steroid dienone is 8. The number of unbranched alkanes of at least 4 members (excludes halogenated alkanes) is 2. The van der Waals surface area contributed by atoms with Crippen molar-refractivity contribution in [3.05, 3.63) is 125 Å². The molecule has 21 heteroatoms. The van der Waals surface area contributed by atoms with Crippen LogP contribution in [-0.4, -0.2) is 86.8 Å². The van der Waals surface area contributed by atoms with E-state index in [4.69, 9.17) is 0 Å². The number of anilines is 1. The Labute approximate surface area is 450 Å². The maximum Gasteiger partial charge on any atom is 1.00 e. The molecule has 3 aromatic rings. The van der Waals surface area contributed by atoms with Gasteiger partial charge in [-0.2, -0.15) is 4.58 Å². The summed E-state index contributed by atoms with van der Waals surface area (Å²) in [5.41, 5.74) is 6.45. The largest absolute Gasteiger partial charge is 1.00 e. The van der Waals surface area contributed by atoms with Crippen LogP contribution in [0, 0.1) is 0 Å². The van der Waals surface area contributed by atoms with Crippen LogP contribution >= 0.6 is 0 Å². The number of rotatable bonds is 16. The van der Waals surface area contributed by atoms with E-state index in [1.165, 1.54) is 24.3 Å². The molecule has 0 atom stereocenters. The molecule has 2 heterocycles. The van der Waals surface area contributed by atoms with E-state index in [-0.39, 0.29) is 111 Å². The molecule has 6 rings (SSSR count). The van der Waals surface area contributed by atoms with Crippen LogP contribution in [0.4, 0.5) is 11.4 Å². The summed E-state index contributed by atoms with van der Waals surface area (Å²) in [5.74, 6) is -1.05. The van der Waals surface area contributed by atoms with Crippen molar-refractivity contribution in [1.29, 1.82) is 0 Å². The summed E-state index contributed by atoms with van der Waals surface area (Å²) in [5, 5.41) is 0. The zero-order chi connectivity index (χ0) is 45.5. The van der Waals surface area contributed by atoms with Crippen LogP contribution in [0.3, 0.4) is 0 Å². The molecule has 0 unspecified atom stereocenters. The second-order valence-electron chi connectivity index (χ2n) is 16.8. The van der Waals surface area contributed by atoms with E-state index in [0.29, 0.717) is 61.3 Å². The molecule has 3 aromatic carbocycles. The van der Waals surface area contributed by atoms with Crippen molar-refractivity contribution in [2.75, 3.05) is 29.5 Å². The van der Waals surface area contributed by atoms with Crippen molar-refractivity contribution in [3.8, 4) is 0 Å². The Bertz CT molecular complexity index is 2890. The van der Waals surface area contributed by atoms with E-state index in [9.17, 15) is 51.9 Å².